The molecule has 0 fully saturated rings. The number of nitrogens with one attached hydrogen (secondary N) is 1. The van der Waals surface area contributed by atoms with E-state index in [0.717, 1.165) is 12.0 Å². The first kappa shape index (κ1) is 17.6. The summed E-state index contributed by atoms with van der Waals surface area (Å²) in [4.78, 5) is 0. The van der Waals surface area contributed by atoms with Crippen molar-refractivity contribution < 1.29 is 12.8 Å². The highest BCUT2D eigenvalue weighted by molar-refractivity contribution is 9.10. The van der Waals surface area contributed by atoms with Gasteiger partial charge < -0.3 is 5.32 Å². The Hall–Kier alpha value is -0.500. The van der Waals surface area contributed by atoms with Crippen molar-refractivity contribution in [3.8, 4) is 0 Å². The molecule has 20 heavy (non-hydrogen) atoms. The average Bonchev–Trinajstić information content (AvgIpc) is 2.30. The molecule has 0 radical (unpaired) electrons. The van der Waals surface area contributed by atoms with Gasteiger partial charge in [0.25, 0.3) is 0 Å². The zero-order valence-corrected chi connectivity index (χ0v) is 14.1. The summed E-state index contributed by atoms with van der Waals surface area (Å²) in [6.07, 6.45) is 1.94. The zero-order valence-electron chi connectivity index (χ0n) is 11.7. The molecule has 0 aliphatic carbocycles. The van der Waals surface area contributed by atoms with E-state index in [2.05, 4.69) is 21.2 Å². The van der Waals surface area contributed by atoms with Crippen LogP contribution in [0.15, 0.2) is 22.7 Å². The van der Waals surface area contributed by atoms with Crippen LogP contribution in [0.2, 0.25) is 0 Å². The lowest BCUT2D eigenvalue weighted by Crippen LogP contribution is -2.32. The molecule has 0 saturated carbocycles. The summed E-state index contributed by atoms with van der Waals surface area (Å²) in [5, 5.41) is 3.18. The second kappa shape index (κ2) is 8.07. The first-order chi connectivity index (χ1) is 9.32. The quantitative estimate of drug-likeness (QED) is 0.718. The Morgan fingerprint density at radius 2 is 2.05 bits per heavy atom. The van der Waals surface area contributed by atoms with Crippen molar-refractivity contribution in [1.29, 1.82) is 0 Å². The predicted molar refractivity (Wildman–Crippen MR) is 82.5 cm³/mol. The molecule has 0 saturated heterocycles. The molecule has 0 aromatic heterocycles. The molecule has 7 heteroatoms. The Bertz CT molecular complexity index is 517. The smallest absolute Gasteiger partial charge is 0.211 e. The Balaban J connectivity index is 2.32. The molecule has 0 bridgehead atoms. The highest BCUT2D eigenvalue weighted by Crippen LogP contribution is 2.14. The fraction of sp³-hybridized carbons (Fsp3) is 0.538. The predicted octanol–water partition coefficient (Wildman–Crippen LogP) is 2.35. The van der Waals surface area contributed by atoms with Crippen LogP contribution in [0, 0.1) is 5.82 Å². The number of hydrogen-bond acceptors (Lipinski definition) is 3. The number of hydrogen-bond donors (Lipinski definition) is 1. The lowest BCUT2D eigenvalue weighted by molar-refractivity contribution is 0.419. The van der Waals surface area contributed by atoms with Crippen LogP contribution in [0.1, 0.15) is 18.9 Å². The van der Waals surface area contributed by atoms with Crippen molar-refractivity contribution in [3.63, 3.8) is 0 Å². The Morgan fingerprint density at radius 3 is 2.60 bits per heavy atom. The molecular weight excluding hydrogens is 347 g/mol. The number of sulfonamides is 1. The average molecular weight is 367 g/mol. The van der Waals surface area contributed by atoms with E-state index in [1.807, 2.05) is 13.0 Å². The van der Waals surface area contributed by atoms with Crippen LogP contribution in [-0.2, 0) is 16.6 Å². The molecule has 114 valence electrons. The number of benzene rings is 1. The van der Waals surface area contributed by atoms with E-state index >= 15 is 0 Å². The van der Waals surface area contributed by atoms with Gasteiger partial charge in [0.15, 0.2) is 0 Å². The second-order valence-corrected chi connectivity index (χ2v) is 7.46. The molecule has 0 heterocycles. The molecule has 0 unspecified atom stereocenters. The number of halogens is 2. The molecule has 0 amide bonds. The first-order valence-corrected chi connectivity index (χ1v) is 9.08. The monoisotopic (exact) mass is 366 g/mol. The van der Waals surface area contributed by atoms with Gasteiger partial charge >= 0.3 is 0 Å². The Kier molecular flexibility index (Phi) is 7.08. The fourth-order valence-electron chi connectivity index (χ4n) is 1.88. The lowest BCUT2D eigenvalue weighted by atomic mass is 10.2. The van der Waals surface area contributed by atoms with Gasteiger partial charge in [-0.25, -0.2) is 17.1 Å². The standard InChI is InChI=1S/C13H20BrFN2O2S/c1-3-17(20(2,18)19)6-4-5-16-10-11-7-12(14)9-13(15)8-11/h7-9,16H,3-6,10H2,1-2H3. The van der Waals surface area contributed by atoms with Gasteiger partial charge in [0.05, 0.1) is 6.26 Å². The van der Waals surface area contributed by atoms with Crippen molar-refractivity contribution >= 4 is 26.0 Å². The third-order valence-electron chi connectivity index (χ3n) is 2.83. The van der Waals surface area contributed by atoms with Gasteiger partial charge in [0.2, 0.25) is 10.0 Å². The SMILES string of the molecule is CCN(CCCNCc1cc(F)cc(Br)c1)S(C)(=O)=O. The molecule has 0 aliphatic rings. The van der Waals surface area contributed by atoms with E-state index in [0.29, 0.717) is 30.7 Å². The van der Waals surface area contributed by atoms with Crippen molar-refractivity contribution in [3.05, 3.63) is 34.1 Å². The minimum atomic E-state index is -3.12. The van der Waals surface area contributed by atoms with E-state index in [4.69, 9.17) is 0 Å². The molecule has 1 N–H and O–H groups in total. The van der Waals surface area contributed by atoms with Gasteiger partial charge in [0.1, 0.15) is 5.82 Å². The summed E-state index contributed by atoms with van der Waals surface area (Å²) >= 11 is 3.24. The zero-order chi connectivity index (χ0) is 15.2. The number of nitrogens with zero attached hydrogens (tertiary/aromatic N) is 1. The van der Waals surface area contributed by atoms with Gasteiger partial charge in [-0.1, -0.05) is 22.9 Å². The molecular formula is C13H20BrFN2O2S. The van der Waals surface area contributed by atoms with Crippen molar-refractivity contribution in [2.45, 2.75) is 19.9 Å². The Labute approximate surface area is 128 Å². The van der Waals surface area contributed by atoms with Crippen LogP contribution in [0.3, 0.4) is 0 Å². The maximum atomic E-state index is 13.2. The number of rotatable bonds is 8. The summed E-state index contributed by atoms with van der Waals surface area (Å²) in [6.45, 7) is 4.03. The molecule has 0 atom stereocenters. The molecule has 0 aliphatic heterocycles. The molecule has 1 aromatic rings. The topological polar surface area (TPSA) is 49.4 Å². The summed E-state index contributed by atoms with van der Waals surface area (Å²) in [5.74, 6) is -0.273. The van der Waals surface area contributed by atoms with Crippen LogP contribution < -0.4 is 5.32 Å². The lowest BCUT2D eigenvalue weighted by Gasteiger charge is -2.17. The summed E-state index contributed by atoms with van der Waals surface area (Å²) in [6, 6.07) is 4.74. The van der Waals surface area contributed by atoms with E-state index < -0.39 is 10.0 Å². The van der Waals surface area contributed by atoms with Crippen LogP contribution in [0.25, 0.3) is 0 Å². The maximum absolute atomic E-state index is 13.2. The van der Waals surface area contributed by atoms with Crippen LogP contribution >= 0.6 is 15.9 Å². The minimum Gasteiger partial charge on any atom is -0.313 e. The third kappa shape index (κ3) is 6.30. The summed E-state index contributed by atoms with van der Waals surface area (Å²) < 4.78 is 38.1. The van der Waals surface area contributed by atoms with E-state index in [1.165, 1.54) is 22.7 Å². The van der Waals surface area contributed by atoms with Crippen molar-refractivity contribution in [2.75, 3.05) is 25.9 Å². The highest BCUT2D eigenvalue weighted by Gasteiger charge is 2.12. The summed E-state index contributed by atoms with van der Waals surface area (Å²) in [7, 11) is -3.12. The van der Waals surface area contributed by atoms with Crippen LogP contribution in [-0.4, -0.2) is 38.6 Å². The van der Waals surface area contributed by atoms with E-state index in [9.17, 15) is 12.8 Å². The second-order valence-electron chi connectivity index (χ2n) is 4.56. The fourth-order valence-corrected chi connectivity index (χ4v) is 3.33. The van der Waals surface area contributed by atoms with Gasteiger partial charge in [-0.15, -0.1) is 0 Å². The van der Waals surface area contributed by atoms with Gasteiger partial charge in [-0.3, -0.25) is 0 Å². The van der Waals surface area contributed by atoms with Gasteiger partial charge in [-0.2, -0.15) is 0 Å². The van der Waals surface area contributed by atoms with Crippen molar-refractivity contribution in [1.82, 2.24) is 9.62 Å². The Morgan fingerprint density at radius 1 is 1.35 bits per heavy atom. The first-order valence-electron chi connectivity index (χ1n) is 6.43. The van der Waals surface area contributed by atoms with Crippen LogP contribution in [0.4, 0.5) is 4.39 Å². The third-order valence-corrected chi connectivity index (χ3v) is 4.67. The van der Waals surface area contributed by atoms with Crippen molar-refractivity contribution in [2.24, 2.45) is 0 Å². The largest absolute Gasteiger partial charge is 0.313 e. The minimum absolute atomic E-state index is 0.273. The maximum Gasteiger partial charge on any atom is 0.211 e. The summed E-state index contributed by atoms with van der Waals surface area (Å²) in [5.41, 5.74) is 0.854. The van der Waals surface area contributed by atoms with E-state index in [-0.39, 0.29) is 5.82 Å². The normalized spacial score (nSPS) is 12.1. The molecule has 1 aromatic carbocycles. The van der Waals surface area contributed by atoms with Gasteiger partial charge in [0, 0.05) is 24.1 Å². The van der Waals surface area contributed by atoms with Crippen LogP contribution in [0.5, 0.6) is 0 Å². The molecule has 4 nitrogen and oxygen atoms in total. The van der Waals surface area contributed by atoms with E-state index in [1.54, 1.807) is 0 Å². The van der Waals surface area contributed by atoms with Gasteiger partial charge in [-0.05, 0) is 36.7 Å². The molecule has 1 rings (SSSR count). The molecule has 0 spiro atoms. The highest BCUT2D eigenvalue weighted by atomic mass is 79.9.